The van der Waals surface area contributed by atoms with E-state index in [1.165, 1.54) is 4.80 Å². The molecule has 134 valence electrons. The van der Waals surface area contributed by atoms with Crippen molar-refractivity contribution in [3.63, 3.8) is 0 Å². The molecule has 4 rings (SSSR count). The van der Waals surface area contributed by atoms with Gasteiger partial charge in [-0.05, 0) is 36.3 Å². The molecule has 0 bridgehead atoms. The van der Waals surface area contributed by atoms with Gasteiger partial charge >= 0.3 is 6.03 Å². The summed E-state index contributed by atoms with van der Waals surface area (Å²) in [5.41, 5.74) is 2.68. The van der Waals surface area contributed by atoms with Crippen LogP contribution >= 0.6 is 0 Å². The Kier molecular flexibility index (Phi) is 4.34. The second kappa shape index (κ2) is 6.95. The first kappa shape index (κ1) is 16.2. The molecule has 0 radical (unpaired) electrons. The summed E-state index contributed by atoms with van der Waals surface area (Å²) in [4.78, 5) is 15.8. The predicted octanol–water partition coefficient (Wildman–Crippen LogP) is 2.01. The summed E-state index contributed by atoms with van der Waals surface area (Å²) in [6.45, 7) is 1.45. The normalized spacial score (nSPS) is 15.2. The third-order valence-corrected chi connectivity index (χ3v) is 4.62. The van der Waals surface area contributed by atoms with E-state index >= 15 is 0 Å². The monoisotopic (exact) mass is 352 g/mol. The smallest absolute Gasteiger partial charge is 0.321 e. The Bertz CT molecular complexity index is 880. The molecule has 1 aliphatic rings. The van der Waals surface area contributed by atoms with Crippen molar-refractivity contribution in [2.75, 3.05) is 18.4 Å². The molecule has 26 heavy (non-hydrogen) atoms. The molecule has 9 nitrogen and oxygen atoms in total. The molecule has 2 N–H and O–H groups in total. The lowest BCUT2D eigenvalue weighted by Crippen LogP contribution is -2.40. The SMILES string of the molecule is Cn1nnc(-c2cccc(NC(=O)N3CCC(c4ccn[nH]4)CC3)c2)n1. The van der Waals surface area contributed by atoms with E-state index in [-0.39, 0.29) is 6.03 Å². The average Bonchev–Trinajstić information content (AvgIpc) is 3.34. The highest BCUT2D eigenvalue weighted by Gasteiger charge is 2.24. The van der Waals surface area contributed by atoms with Crippen molar-refractivity contribution >= 4 is 11.7 Å². The van der Waals surface area contributed by atoms with Crippen LogP contribution in [0.3, 0.4) is 0 Å². The summed E-state index contributed by atoms with van der Waals surface area (Å²) in [7, 11) is 1.72. The van der Waals surface area contributed by atoms with Gasteiger partial charge in [-0.2, -0.15) is 9.90 Å². The number of nitrogens with one attached hydrogen (secondary N) is 2. The van der Waals surface area contributed by atoms with Crippen molar-refractivity contribution in [3.8, 4) is 11.4 Å². The third kappa shape index (κ3) is 3.41. The zero-order chi connectivity index (χ0) is 17.9. The minimum absolute atomic E-state index is 0.0858. The van der Waals surface area contributed by atoms with E-state index in [2.05, 4.69) is 30.9 Å². The van der Waals surface area contributed by atoms with Crippen LogP contribution in [0.25, 0.3) is 11.4 Å². The number of H-pyrrole nitrogens is 1. The summed E-state index contributed by atoms with van der Waals surface area (Å²) < 4.78 is 0. The second-order valence-electron chi connectivity index (χ2n) is 6.39. The number of anilines is 1. The van der Waals surface area contributed by atoms with Gasteiger partial charge in [0, 0.05) is 42.1 Å². The molecule has 1 fully saturated rings. The van der Waals surface area contributed by atoms with Crippen LogP contribution in [0.4, 0.5) is 10.5 Å². The van der Waals surface area contributed by atoms with E-state index in [0.29, 0.717) is 11.7 Å². The Hall–Kier alpha value is -3.23. The maximum atomic E-state index is 12.6. The summed E-state index contributed by atoms with van der Waals surface area (Å²) in [6, 6.07) is 9.39. The molecule has 0 spiro atoms. The average molecular weight is 352 g/mol. The molecule has 0 atom stereocenters. The molecule has 2 amide bonds. The largest absolute Gasteiger partial charge is 0.324 e. The number of tetrazole rings is 1. The van der Waals surface area contributed by atoms with Gasteiger partial charge in [-0.15, -0.1) is 10.2 Å². The topological polar surface area (TPSA) is 105 Å². The highest BCUT2D eigenvalue weighted by atomic mass is 16.2. The number of urea groups is 1. The third-order valence-electron chi connectivity index (χ3n) is 4.62. The zero-order valence-corrected chi connectivity index (χ0v) is 14.5. The number of carbonyl (C=O) groups excluding carboxylic acids is 1. The van der Waals surface area contributed by atoms with Crippen molar-refractivity contribution in [3.05, 3.63) is 42.2 Å². The fraction of sp³-hybridized carbons (Fsp3) is 0.353. The molecule has 0 aliphatic carbocycles. The van der Waals surface area contributed by atoms with Crippen molar-refractivity contribution < 1.29 is 4.79 Å². The number of likely N-dealkylation sites (tertiary alicyclic amines) is 1. The minimum Gasteiger partial charge on any atom is -0.324 e. The summed E-state index contributed by atoms with van der Waals surface area (Å²) in [5.74, 6) is 0.969. The Morgan fingerprint density at radius 2 is 2.12 bits per heavy atom. The number of aromatic nitrogens is 6. The van der Waals surface area contributed by atoms with Gasteiger partial charge in [-0.3, -0.25) is 5.10 Å². The number of nitrogens with zero attached hydrogens (tertiary/aromatic N) is 6. The van der Waals surface area contributed by atoms with Crippen molar-refractivity contribution in [2.24, 2.45) is 7.05 Å². The molecule has 0 unspecified atom stereocenters. The number of aromatic amines is 1. The first-order valence-electron chi connectivity index (χ1n) is 8.58. The Morgan fingerprint density at radius 3 is 2.81 bits per heavy atom. The van der Waals surface area contributed by atoms with Gasteiger partial charge in [0.2, 0.25) is 5.82 Å². The van der Waals surface area contributed by atoms with Gasteiger partial charge < -0.3 is 10.2 Å². The molecular weight excluding hydrogens is 332 g/mol. The fourth-order valence-electron chi connectivity index (χ4n) is 3.23. The molecule has 1 aliphatic heterocycles. The number of hydrogen-bond donors (Lipinski definition) is 2. The molecule has 3 heterocycles. The Balaban J connectivity index is 1.38. The van der Waals surface area contributed by atoms with Gasteiger partial charge in [0.05, 0.1) is 7.05 Å². The Labute approximate surface area is 150 Å². The maximum absolute atomic E-state index is 12.6. The van der Waals surface area contributed by atoms with Gasteiger partial charge in [-0.25, -0.2) is 4.79 Å². The van der Waals surface area contributed by atoms with E-state index in [0.717, 1.165) is 42.9 Å². The maximum Gasteiger partial charge on any atom is 0.321 e. The van der Waals surface area contributed by atoms with E-state index in [1.54, 1.807) is 13.2 Å². The number of hydrogen-bond acceptors (Lipinski definition) is 5. The van der Waals surface area contributed by atoms with E-state index in [4.69, 9.17) is 0 Å². The van der Waals surface area contributed by atoms with Crippen LogP contribution in [0, 0.1) is 0 Å². The fourth-order valence-corrected chi connectivity index (χ4v) is 3.23. The standard InChI is InChI=1S/C17H20N8O/c1-24-22-16(21-23-24)13-3-2-4-14(11-13)19-17(26)25-9-6-12(7-10-25)15-5-8-18-20-15/h2-5,8,11-12H,6-7,9-10H2,1H3,(H,18,20)(H,19,26). The molecule has 2 aromatic heterocycles. The summed E-state index contributed by atoms with van der Waals surface area (Å²) >= 11 is 0. The Morgan fingerprint density at radius 1 is 1.27 bits per heavy atom. The minimum atomic E-state index is -0.0858. The number of benzene rings is 1. The van der Waals surface area contributed by atoms with Crippen LogP contribution < -0.4 is 5.32 Å². The summed E-state index contributed by atoms with van der Waals surface area (Å²) in [5, 5.41) is 22.0. The lowest BCUT2D eigenvalue weighted by molar-refractivity contribution is 0.194. The van der Waals surface area contributed by atoms with Crippen LogP contribution in [0.2, 0.25) is 0 Å². The van der Waals surface area contributed by atoms with E-state index < -0.39 is 0 Å². The van der Waals surface area contributed by atoms with Gasteiger partial charge in [-0.1, -0.05) is 12.1 Å². The molecule has 3 aromatic rings. The van der Waals surface area contributed by atoms with E-state index in [1.807, 2.05) is 35.2 Å². The van der Waals surface area contributed by atoms with Crippen molar-refractivity contribution in [1.82, 2.24) is 35.3 Å². The van der Waals surface area contributed by atoms with Crippen LogP contribution in [-0.2, 0) is 7.05 Å². The van der Waals surface area contributed by atoms with Gasteiger partial charge in [0.1, 0.15) is 0 Å². The van der Waals surface area contributed by atoms with Crippen molar-refractivity contribution in [1.29, 1.82) is 0 Å². The lowest BCUT2D eigenvalue weighted by Gasteiger charge is -2.31. The van der Waals surface area contributed by atoms with Crippen LogP contribution in [0.1, 0.15) is 24.5 Å². The van der Waals surface area contributed by atoms with Crippen LogP contribution in [0.5, 0.6) is 0 Å². The van der Waals surface area contributed by atoms with Gasteiger partial charge in [0.15, 0.2) is 0 Å². The summed E-state index contributed by atoms with van der Waals surface area (Å²) in [6.07, 6.45) is 3.63. The molecular formula is C17H20N8O. The molecule has 9 heteroatoms. The first-order chi connectivity index (χ1) is 12.7. The lowest BCUT2D eigenvalue weighted by atomic mass is 9.94. The zero-order valence-electron chi connectivity index (χ0n) is 14.5. The first-order valence-corrected chi connectivity index (χ1v) is 8.58. The molecule has 1 saturated heterocycles. The number of aryl methyl sites for hydroxylation is 1. The second-order valence-corrected chi connectivity index (χ2v) is 6.39. The number of rotatable bonds is 3. The molecule has 1 aromatic carbocycles. The van der Waals surface area contributed by atoms with Gasteiger partial charge in [0.25, 0.3) is 0 Å². The highest BCUT2D eigenvalue weighted by molar-refractivity contribution is 5.90. The van der Waals surface area contributed by atoms with Crippen molar-refractivity contribution in [2.45, 2.75) is 18.8 Å². The number of carbonyl (C=O) groups is 1. The quantitative estimate of drug-likeness (QED) is 0.750. The number of amides is 2. The molecule has 0 saturated carbocycles. The van der Waals surface area contributed by atoms with Crippen LogP contribution in [-0.4, -0.2) is 54.4 Å². The van der Waals surface area contributed by atoms with E-state index in [9.17, 15) is 4.79 Å². The van der Waals surface area contributed by atoms with Crippen LogP contribution in [0.15, 0.2) is 36.5 Å². The predicted molar refractivity (Wildman–Crippen MR) is 95.4 cm³/mol. The highest BCUT2D eigenvalue weighted by Crippen LogP contribution is 2.27. The number of piperidine rings is 1.